The number of thiazole rings is 1. The molecule has 2 heterocycles. The molecule has 1 unspecified atom stereocenters. The highest BCUT2D eigenvalue weighted by atomic mass is 32.1. The van der Waals surface area contributed by atoms with Crippen LogP contribution in [0.3, 0.4) is 0 Å². The van der Waals surface area contributed by atoms with E-state index in [1.807, 2.05) is 13.8 Å². The first-order valence-corrected chi connectivity index (χ1v) is 9.44. The molecule has 23 heavy (non-hydrogen) atoms. The van der Waals surface area contributed by atoms with Gasteiger partial charge in [0.25, 0.3) is 5.91 Å². The zero-order valence-electron chi connectivity index (χ0n) is 13.9. The second-order valence-corrected chi connectivity index (χ2v) is 7.83. The molecule has 1 aromatic rings. The van der Waals surface area contributed by atoms with E-state index in [9.17, 15) is 9.59 Å². The predicted molar refractivity (Wildman–Crippen MR) is 90.6 cm³/mol. The summed E-state index contributed by atoms with van der Waals surface area (Å²) in [7, 11) is 0. The number of carbonyl (C=O) groups is 2. The molecule has 3 rings (SSSR count). The van der Waals surface area contributed by atoms with Gasteiger partial charge in [0.2, 0.25) is 5.91 Å². The van der Waals surface area contributed by atoms with Gasteiger partial charge >= 0.3 is 0 Å². The number of carbonyl (C=O) groups excluding carboxylic acids is 2. The maximum Gasteiger partial charge on any atom is 0.263 e. The van der Waals surface area contributed by atoms with E-state index in [0.29, 0.717) is 19.0 Å². The molecule has 2 fully saturated rings. The Kier molecular flexibility index (Phi) is 4.99. The lowest BCUT2D eigenvalue weighted by Crippen LogP contribution is -2.36. The van der Waals surface area contributed by atoms with Crippen LogP contribution in [-0.4, -0.2) is 40.8 Å². The van der Waals surface area contributed by atoms with E-state index in [2.05, 4.69) is 15.2 Å². The van der Waals surface area contributed by atoms with Gasteiger partial charge in [0, 0.05) is 31.5 Å². The third-order valence-electron chi connectivity index (χ3n) is 4.90. The van der Waals surface area contributed by atoms with Crippen molar-refractivity contribution in [3.63, 3.8) is 0 Å². The minimum absolute atomic E-state index is 0.0424. The molecule has 0 aromatic carbocycles. The fraction of sp³-hybridized carbons (Fsp3) is 0.706. The van der Waals surface area contributed by atoms with Crippen molar-refractivity contribution >= 4 is 23.2 Å². The van der Waals surface area contributed by atoms with Gasteiger partial charge in [-0.15, -0.1) is 11.3 Å². The number of aryl methyl sites for hydroxylation is 2. The topological polar surface area (TPSA) is 62.3 Å². The van der Waals surface area contributed by atoms with Crippen molar-refractivity contribution in [1.82, 2.24) is 15.2 Å². The van der Waals surface area contributed by atoms with E-state index in [0.717, 1.165) is 41.4 Å². The van der Waals surface area contributed by atoms with Crippen LogP contribution in [0.5, 0.6) is 0 Å². The summed E-state index contributed by atoms with van der Waals surface area (Å²) in [5.74, 6) is 0.462. The fourth-order valence-corrected chi connectivity index (χ4v) is 4.64. The number of likely N-dealkylation sites (tertiary alicyclic amines) is 1. The molecule has 1 aliphatic carbocycles. The van der Waals surface area contributed by atoms with Gasteiger partial charge in [-0.2, -0.15) is 0 Å². The SMILES string of the molecule is CCc1nc(C)sc1C(=O)NCC1CC(=O)N(C2CCCC2)C1. The normalized spacial score (nSPS) is 22.1. The van der Waals surface area contributed by atoms with Gasteiger partial charge in [-0.25, -0.2) is 4.98 Å². The highest BCUT2D eigenvalue weighted by Gasteiger charge is 2.35. The zero-order valence-corrected chi connectivity index (χ0v) is 14.7. The van der Waals surface area contributed by atoms with E-state index in [1.165, 1.54) is 24.2 Å². The summed E-state index contributed by atoms with van der Waals surface area (Å²) in [5.41, 5.74) is 0.875. The molecule has 2 amide bonds. The van der Waals surface area contributed by atoms with E-state index in [1.54, 1.807) is 0 Å². The van der Waals surface area contributed by atoms with E-state index in [-0.39, 0.29) is 17.7 Å². The van der Waals surface area contributed by atoms with Crippen LogP contribution in [0.15, 0.2) is 0 Å². The molecule has 6 heteroatoms. The van der Waals surface area contributed by atoms with Crippen molar-refractivity contribution in [2.45, 2.75) is 58.4 Å². The highest BCUT2D eigenvalue weighted by Crippen LogP contribution is 2.29. The molecule has 1 aromatic heterocycles. The third-order valence-corrected chi connectivity index (χ3v) is 5.91. The quantitative estimate of drug-likeness (QED) is 0.899. The molecule has 126 valence electrons. The number of hydrogen-bond donors (Lipinski definition) is 1. The van der Waals surface area contributed by atoms with Gasteiger partial charge in [-0.1, -0.05) is 19.8 Å². The summed E-state index contributed by atoms with van der Waals surface area (Å²) >= 11 is 1.45. The van der Waals surface area contributed by atoms with E-state index < -0.39 is 0 Å². The van der Waals surface area contributed by atoms with Gasteiger partial charge in [-0.05, 0) is 26.2 Å². The smallest absolute Gasteiger partial charge is 0.263 e. The second-order valence-electron chi connectivity index (χ2n) is 6.63. The summed E-state index contributed by atoms with van der Waals surface area (Å²) in [6.07, 6.45) is 6.10. The first-order chi connectivity index (χ1) is 11.1. The largest absolute Gasteiger partial charge is 0.351 e. The molecule has 1 saturated carbocycles. The first kappa shape index (κ1) is 16.4. The Morgan fingerprint density at radius 3 is 2.83 bits per heavy atom. The van der Waals surface area contributed by atoms with Crippen molar-refractivity contribution in [3.8, 4) is 0 Å². The van der Waals surface area contributed by atoms with Crippen LogP contribution in [0, 0.1) is 12.8 Å². The lowest BCUT2D eigenvalue weighted by molar-refractivity contribution is -0.129. The fourth-order valence-electron chi connectivity index (χ4n) is 3.72. The standard InChI is InChI=1S/C17H25N3O2S/c1-3-14-16(23-11(2)19-14)17(22)18-9-12-8-15(21)20(10-12)13-6-4-5-7-13/h12-13H,3-10H2,1-2H3,(H,18,22). The minimum Gasteiger partial charge on any atom is -0.351 e. The Morgan fingerprint density at radius 2 is 2.13 bits per heavy atom. The van der Waals surface area contributed by atoms with Gasteiger partial charge in [-0.3, -0.25) is 9.59 Å². The average molecular weight is 335 g/mol. The maximum atomic E-state index is 12.4. The highest BCUT2D eigenvalue weighted by molar-refractivity contribution is 7.13. The lowest BCUT2D eigenvalue weighted by atomic mass is 10.1. The predicted octanol–water partition coefficient (Wildman–Crippen LogP) is 2.53. The number of hydrogen-bond acceptors (Lipinski definition) is 4. The van der Waals surface area contributed by atoms with Crippen LogP contribution in [0.1, 0.15) is 59.4 Å². The molecule has 0 radical (unpaired) electrons. The van der Waals surface area contributed by atoms with Crippen LogP contribution >= 0.6 is 11.3 Å². The van der Waals surface area contributed by atoms with Crippen LogP contribution in [0.25, 0.3) is 0 Å². The summed E-state index contributed by atoms with van der Waals surface area (Å²) < 4.78 is 0. The Hall–Kier alpha value is -1.43. The van der Waals surface area contributed by atoms with Crippen molar-refractivity contribution in [2.75, 3.05) is 13.1 Å². The maximum absolute atomic E-state index is 12.4. The Morgan fingerprint density at radius 1 is 1.39 bits per heavy atom. The Balaban J connectivity index is 1.54. The van der Waals surface area contributed by atoms with Crippen LogP contribution < -0.4 is 5.32 Å². The van der Waals surface area contributed by atoms with Crippen molar-refractivity contribution in [2.24, 2.45) is 5.92 Å². The van der Waals surface area contributed by atoms with Crippen molar-refractivity contribution in [1.29, 1.82) is 0 Å². The number of nitrogens with zero attached hydrogens (tertiary/aromatic N) is 2. The number of nitrogens with one attached hydrogen (secondary N) is 1. The third kappa shape index (κ3) is 3.57. The summed E-state index contributed by atoms with van der Waals surface area (Å²) in [5, 5.41) is 3.94. The van der Waals surface area contributed by atoms with Gasteiger partial charge in [0.15, 0.2) is 0 Å². The Bertz CT molecular complexity index is 593. The molecule has 5 nitrogen and oxygen atoms in total. The summed E-state index contributed by atoms with van der Waals surface area (Å²) in [6.45, 7) is 5.32. The molecule has 0 bridgehead atoms. The summed E-state index contributed by atoms with van der Waals surface area (Å²) in [4.78, 5) is 31.7. The zero-order chi connectivity index (χ0) is 16.4. The minimum atomic E-state index is -0.0424. The van der Waals surface area contributed by atoms with Crippen LogP contribution in [-0.2, 0) is 11.2 Å². The van der Waals surface area contributed by atoms with Gasteiger partial charge in [0.1, 0.15) is 4.88 Å². The first-order valence-electron chi connectivity index (χ1n) is 8.62. The number of rotatable bonds is 5. The molecule has 0 spiro atoms. The molecule has 1 atom stereocenters. The van der Waals surface area contributed by atoms with E-state index >= 15 is 0 Å². The average Bonchev–Trinajstić information content (AvgIpc) is 3.24. The molecule has 2 aliphatic rings. The molecular weight excluding hydrogens is 310 g/mol. The van der Waals surface area contributed by atoms with Gasteiger partial charge < -0.3 is 10.2 Å². The number of aromatic nitrogens is 1. The van der Waals surface area contributed by atoms with Crippen LogP contribution in [0.4, 0.5) is 0 Å². The summed E-state index contributed by atoms with van der Waals surface area (Å²) in [6, 6.07) is 0.444. The van der Waals surface area contributed by atoms with Crippen LogP contribution in [0.2, 0.25) is 0 Å². The van der Waals surface area contributed by atoms with Gasteiger partial charge in [0.05, 0.1) is 10.7 Å². The van der Waals surface area contributed by atoms with E-state index in [4.69, 9.17) is 0 Å². The molecule has 1 saturated heterocycles. The Labute approximate surface area is 141 Å². The lowest BCUT2D eigenvalue weighted by Gasteiger charge is -2.24. The number of amides is 2. The monoisotopic (exact) mass is 335 g/mol. The molecular formula is C17H25N3O2S. The molecule has 1 aliphatic heterocycles. The van der Waals surface area contributed by atoms with Crippen molar-refractivity contribution in [3.05, 3.63) is 15.6 Å². The molecule has 1 N–H and O–H groups in total. The van der Waals surface area contributed by atoms with Crippen molar-refractivity contribution < 1.29 is 9.59 Å². The second kappa shape index (κ2) is 6.99.